The second-order valence-corrected chi connectivity index (χ2v) is 4.86. The van der Waals surface area contributed by atoms with Crippen LogP contribution in [0.15, 0.2) is 41.8 Å². The Balaban J connectivity index is 2.51. The van der Waals surface area contributed by atoms with E-state index in [1.807, 2.05) is 0 Å². The lowest BCUT2D eigenvalue weighted by Crippen LogP contribution is -2.37. The SMILES string of the molecule is CCOC(=O)C(O)(c1ccc(F)cc1)c1cccs1. The minimum Gasteiger partial charge on any atom is -0.463 e. The summed E-state index contributed by atoms with van der Waals surface area (Å²) in [4.78, 5) is 12.5. The van der Waals surface area contributed by atoms with Crippen LogP contribution in [-0.4, -0.2) is 17.7 Å². The van der Waals surface area contributed by atoms with Crippen molar-refractivity contribution >= 4 is 17.3 Å². The van der Waals surface area contributed by atoms with E-state index in [1.165, 1.54) is 35.6 Å². The van der Waals surface area contributed by atoms with Crippen LogP contribution in [0.2, 0.25) is 0 Å². The number of thiophene rings is 1. The Morgan fingerprint density at radius 3 is 2.58 bits per heavy atom. The van der Waals surface area contributed by atoms with Gasteiger partial charge in [-0.3, -0.25) is 0 Å². The monoisotopic (exact) mass is 280 g/mol. The zero-order chi connectivity index (χ0) is 13.9. The third kappa shape index (κ3) is 2.52. The topological polar surface area (TPSA) is 46.5 Å². The van der Waals surface area contributed by atoms with E-state index < -0.39 is 17.4 Å². The number of carbonyl (C=O) groups is 1. The van der Waals surface area contributed by atoms with Gasteiger partial charge in [-0.2, -0.15) is 0 Å². The van der Waals surface area contributed by atoms with E-state index in [0.717, 1.165) is 0 Å². The zero-order valence-corrected chi connectivity index (χ0v) is 11.1. The van der Waals surface area contributed by atoms with Crippen LogP contribution in [0.4, 0.5) is 4.39 Å². The van der Waals surface area contributed by atoms with Crippen LogP contribution in [0.25, 0.3) is 0 Å². The molecule has 0 bridgehead atoms. The van der Waals surface area contributed by atoms with Gasteiger partial charge in [0.25, 0.3) is 0 Å². The van der Waals surface area contributed by atoms with Gasteiger partial charge in [0.15, 0.2) is 0 Å². The van der Waals surface area contributed by atoms with Crippen LogP contribution in [0.3, 0.4) is 0 Å². The average Bonchev–Trinajstić information content (AvgIpc) is 2.93. The molecule has 1 N–H and O–H groups in total. The number of esters is 1. The van der Waals surface area contributed by atoms with Crippen LogP contribution in [-0.2, 0) is 15.1 Å². The molecule has 0 aliphatic carbocycles. The Labute approximate surface area is 114 Å². The number of aliphatic hydroxyl groups is 1. The first kappa shape index (κ1) is 13.7. The minimum absolute atomic E-state index is 0.160. The van der Waals surface area contributed by atoms with Gasteiger partial charge in [-0.15, -0.1) is 11.3 Å². The first-order valence-electron chi connectivity index (χ1n) is 5.78. The van der Waals surface area contributed by atoms with Crippen LogP contribution >= 0.6 is 11.3 Å². The average molecular weight is 280 g/mol. The van der Waals surface area contributed by atoms with Crippen LogP contribution in [0.1, 0.15) is 17.4 Å². The summed E-state index contributed by atoms with van der Waals surface area (Å²) in [6, 6.07) is 8.54. The molecule has 3 nitrogen and oxygen atoms in total. The van der Waals surface area contributed by atoms with E-state index in [1.54, 1.807) is 24.4 Å². The fourth-order valence-corrected chi connectivity index (χ4v) is 2.60. The summed E-state index contributed by atoms with van der Waals surface area (Å²) in [5.74, 6) is -1.19. The molecular formula is C14H13FO3S. The highest BCUT2D eigenvalue weighted by Gasteiger charge is 2.42. The van der Waals surface area contributed by atoms with Gasteiger partial charge >= 0.3 is 5.97 Å². The molecule has 0 saturated heterocycles. The number of rotatable bonds is 4. The molecule has 1 heterocycles. The highest BCUT2D eigenvalue weighted by atomic mass is 32.1. The summed E-state index contributed by atoms with van der Waals surface area (Å²) >= 11 is 1.24. The van der Waals surface area contributed by atoms with Crippen LogP contribution < -0.4 is 0 Å². The maximum atomic E-state index is 13.0. The summed E-state index contributed by atoms with van der Waals surface area (Å²) in [6.07, 6.45) is 0. The van der Waals surface area contributed by atoms with Gasteiger partial charge in [0.05, 0.1) is 11.5 Å². The molecule has 100 valence electrons. The maximum absolute atomic E-state index is 13.0. The van der Waals surface area contributed by atoms with E-state index in [4.69, 9.17) is 4.74 Å². The van der Waals surface area contributed by atoms with Gasteiger partial charge in [0.2, 0.25) is 5.60 Å². The molecule has 0 saturated carbocycles. The lowest BCUT2D eigenvalue weighted by Gasteiger charge is -2.25. The van der Waals surface area contributed by atoms with E-state index in [-0.39, 0.29) is 12.2 Å². The second kappa shape index (κ2) is 5.50. The van der Waals surface area contributed by atoms with Crippen LogP contribution in [0.5, 0.6) is 0 Å². The maximum Gasteiger partial charge on any atom is 0.348 e. The zero-order valence-electron chi connectivity index (χ0n) is 10.3. The van der Waals surface area contributed by atoms with Gasteiger partial charge < -0.3 is 9.84 Å². The molecule has 0 radical (unpaired) electrons. The Kier molecular flexibility index (Phi) is 3.97. The Bertz CT molecular complexity index is 551. The van der Waals surface area contributed by atoms with Crippen molar-refractivity contribution in [2.24, 2.45) is 0 Å². The minimum atomic E-state index is -1.89. The smallest absolute Gasteiger partial charge is 0.348 e. The van der Waals surface area contributed by atoms with Crippen molar-refractivity contribution in [2.45, 2.75) is 12.5 Å². The summed E-state index contributed by atoms with van der Waals surface area (Å²) in [5.41, 5.74) is -1.60. The predicted molar refractivity (Wildman–Crippen MR) is 70.4 cm³/mol. The van der Waals surface area contributed by atoms with Crippen LogP contribution in [0, 0.1) is 5.82 Å². The number of ether oxygens (including phenoxy) is 1. The molecule has 0 fully saturated rings. The van der Waals surface area contributed by atoms with Gasteiger partial charge in [-0.1, -0.05) is 18.2 Å². The molecule has 0 aliphatic heterocycles. The quantitative estimate of drug-likeness (QED) is 0.876. The number of hydrogen-bond acceptors (Lipinski definition) is 4. The van der Waals surface area contributed by atoms with Gasteiger partial charge in [-0.05, 0) is 30.5 Å². The summed E-state index contributed by atoms with van der Waals surface area (Å²) in [7, 11) is 0. The van der Waals surface area contributed by atoms with Crippen molar-refractivity contribution in [1.82, 2.24) is 0 Å². The molecule has 0 aliphatic rings. The Hall–Kier alpha value is -1.72. The number of carbonyl (C=O) groups excluding carboxylic acids is 1. The first-order chi connectivity index (χ1) is 9.09. The van der Waals surface area contributed by atoms with Crippen molar-refractivity contribution in [2.75, 3.05) is 6.61 Å². The van der Waals surface area contributed by atoms with Crippen molar-refractivity contribution in [1.29, 1.82) is 0 Å². The summed E-state index contributed by atoms with van der Waals surface area (Å²) < 4.78 is 17.9. The molecule has 2 rings (SSSR count). The van der Waals surface area contributed by atoms with Crippen molar-refractivity contribution in [3.8, 4) is 0 Å². The van der Waals surface area contributed by atoms with Gasteiger partial charge in [0.1, 0.15) is 5.82 Å². The molecule has 1 atom stereocenters. The number of hydrogen-bond donors (Lipinski definition) is 1. The molecule has 19 heavy (non-hydrogen) atoms. The highest BCUT2D eigenvalue weighted by molar-refractivity contribution is 7.10. The molecule has 5 heteroatoms. The molecule has 1 aromatic carbocycles. The Morgan fingerprint density at radius 2 is 2.05 bits per heavy atom. The standard InChI is InChI=1S/C14H13FO3S/c1-2-18-13(16)14(17,12-4-3-9-19-12)10-5-7-11(15)8-6-10/h3-9,17H,2H2,1H3. The normalized spacial score (nSPS) is 13.8. The first-order valence-corrected chi connectivity index (χ1v) is 6.66. The molecule has 0 amide bonds. The van der Waals surface area contributed by atoms with Crippen molar-refractivity contribution in [3.63, 3.8) is 0 Å². The van der Waals surface area contributed by atoms with E-state index in [9.17, 15) is 14.3 Å². The fraction of sp³-hybridized carbons (Fsp3) is 0.214. The van der Waals surface area contributed by atoms with E-state index in [2.05, 4.69) is 0 Å². The van der Waals surface area contributed by atoms with E-state index in [0.29, 0.717) is 4.88 Å². The fourth-order valence-electron chi connectivity index (χ4n) is 1.77. The molecule has 1 unspecified atom stereocenters. The number of benzene rings is 1. The lowest BCUT2D eigenvalue weighted by molar-refractivity contribution is -0.161. The molecular weight excluding hydrogens is 267 g/mol. The third-order valence-electron chi connectivity index (χ3n) is 2.71. The predicted octanol–water partition coefficient (Wildman–Crippen LogP) is 2.69. The summed E-state index contributed by atoms with van der Waals surface area (Å²) in [6.45, 7) is 1.82. The van der Waals surface area contributed by atoms with Gasteiger partial charge in [-0.25, -0.2) is 9.18 Å². The van der Waals surface area contributed by atoms with Crippen molar-refractivity contribution < 1.29 is 19.0 Å². The summed E-state index contributed by atoms with van der Waals surface area (Å²) in [5, 5.41) is 12.5. The van der Waals surface area contributed by atoms with Crippen molar-refractivity contribution in [3.05, 3.63) is 58.0 Å². The molecule has 2 aromatic rings. The number of halogens is 1. The Morgan fingerprint density at radius 1 is 1.37 bits per heavy atom. The third-order valence-corrected chi connectivity index (χ3v) is 3.69. The largest absolute Gasteiger partial charge is 0.463 e. The molecule has 1 aromatic heterocycles. The van der Waals surface area contributed by atoms with E-state index >= 15 is 0 Å². The second-order valence-electron chi connectivity index (χ2n) is 3.92. The molecule has 0 spiro atoms. The van der Waals surface area contributed by atoms with Gasteiger partial charge in [0, 0.05) is 5.56 Å². The lowest BCUT2D eigenvalue weighted by atomic mass is 9.92. The highest BCUT2D eigenvalue weighted by Crippen LogP contribution is 2.34.